The lowest BCUT2D eigenvalue weighted by atomic mass is 9.66. The summed E-state index contributed by atoms with van der Waals surface area (Å²) < 4.78 is 15.6. The summed E-state index contributed by atoms with van der Waals surface area (Å²) in [5.41, 5.74) is 15.0. The van der Waals surface area contributed by atoms with Crippen molar-refractivity contribution in [1.82, 2.24) is 4.57 Å². The van der Waals surface area contributed by atoms with Crippen LogP contribution in [0.15, 0.2) is 223 Å². The summed E-state index contributed by atoms with van der Waals surface area (Å²) in [4.78, 5) is 2.48. The van der Waals surface area contributed by atoms with E-state index in [-0.39, 0.29) is 0 Å². The third-order valence-corrected chi connectivity index (χ3v) is 13.6. The van der Waals surface area contributed by atoms with Crippen LogP contribution in [-0.4, -0.2) is 4.57 Å². The van der Waals surface area contributed by atoms with E-state index in [4.69, 9.17) is 9.15 Å². The molecule has 0 N–H and O–H groups in total. The standard InChI is InChI=1S/C59H36N2O2/c1-2-16-38(17-3-1)61-50-24-10-6-19-42(50)44-35-39(30-33-51(44)61)60(40-31-34-54-45(36-40)43-20-7-11-26-53(43)62-54)52-25-14-23-48-58(52)57-41-18-5-4-15-37(41)29-32-49(57)59(48)46-21-8-12-27-55(46)63-56-28-13-9-22-47(56)59/h1-36H. The van der Waals surface area contributed by atoms with Crippen LogP contribution in [-0.2, 0) is 5.41 Å². The molecule has 4 heteroatoms. The summed E-state index contributed by atoms with van der Waals surface area (Å²) in [5, 5.41) is 7.00. The first-order chi connectivity index (χ1) is 31.3. The van der Waals surface area contributed by atoms with Crippen LogP contribution in [0, 0.1) is 0 Å². The van der Waals surface area contributed by atoms with Crippen molar-refractivity contribution in [2.24, 2.45) is 0 Å². The zero-order chi connectivity index (χ0) is 41.2. The van der Waals surface area contributed by atoms with Gasteiger partial charge in [0.1, 0.15) is 22.7 Å². The normalized spacial score (nSPS) is 13.3. The van der Waals surface area contributed by atoms with Crippen molar-refractivity contribution in [3.63, 3.8) is 0 Å². The van der Waals surface area contributed by atoms with Gasteiger partial charge in [-0.05, 0) is 106 Å². The molecule has 0 radical (unpaired) electrons. The molecule has 0 atom stereocenters. The molecule has 0 fully saturated rings. The van der Waals surface area contributed by atoms with Gasteiger partial charge < -0.3 is 18.6 Å². The molecule has 1 aliphatic carbocycles. The number of ether oxygens (including phenoxy) is 1. The number of anilines is 3. The maximum atomic E-state index is 6.76. The molecule has 2 aromatic heterocycles. The van der Waals surface area contributed by atoms with Crippen molar-refractivity contribution in [3.05, 3.63) is 241 Å². The maximum absolute atomic E-state index is 6.76. The molecular formula is C59H36N2O2. The van der Waals surface area contributed by atoms with E-state index in [0.717, 1.165) is 72.8 Å². The van der Waals surface area contributed by atoms with E-state index in [1.165, 1.54) is 49.3 Å². The van der Waals surface area contributed by atoms with Gasteiger partial charge in [-0.25, -0.2) is 0 Å². The van der Waals surface area contributed by atoms with E-state index in [0.29, 0.717) is 0 Å². The number of fused-ring (bicyclic) bond motifs is 17. The Morgan fingerprint density at radius 1 is 0.381 bits per heavy atom. The fourth-order valence-electron chi connectivity index (χ4n) is 11.1. The Hall–Kier alpha value is -8.34. The molecule has 0 bridgehead atoms. The first-order valence-electron chi connectivity index (χ1n) is 21.6. The van der Waals surface area contributed by atoms with E-state index in [1.54, 1.807) is 0 Å². The fourth-order valence-corrected chi connectivity index (χ4v) is 11.1. The van der Waals surface area contributed by atoms with Crippen LogP contribution < -0.4 is 9.64 Å². The van der Waals surface area contributed by atoms with E-state index in [9.17, 15) is 0 Å². The molecule has 1 aliphatic heterocycles. The highest BCUT2D eigenvalue weighted by Gasteiger charge is 2.52. The van der Waals surface area contributed by atoms with Crippen LogP contribution in [0.2, 0.25) is 0 Å². The predicted octanol–water partition coefficient (Wildman–Crippen LogP) is 15.8. The Kier molecular flexibility index (Phi) is 7.01. The van der Waals surface area contributed by atoms with E-state index >= 15 is 0 Å². The SMILES string of the molecule is c1ccc(-n2c3ccccc3c3cc(N(c4ccc5oc6ccccc6c5c4)c4cccc5c4-c4c(ccc6ccccc46)C54c5ccccc5Oc5ccccc54)ccc32)cc1. The van der Waals surface area contributed by atoms with Crippen molar-refractivity contribution in [3.8, 4) is 28.3 Å². The van der Waals surface area contributed by atoms with Gasteiger partial charge in [-0.2, -0.15) is 0 Å². The first kappa shape index (κ1) is 34.4. The summed E-state index contributed by atoms with van der Waals surface area (Å²) in [6.45, 7) is 0. The number of furan rings is 1. The van der Waals surface area contributed by atoms with E-state index in [2.05, 4.69) is 222 Å². The highest BCUT2D eigenvalue weighted by Crippen LogP contribution is 2.65. The third kappa shape index (κ3) is 4.64. The Bertz CT molecular complexity index is 3810. The molecule has 0 unspecified atom stereocenters. The summed E-state index contributed by atoms with van der Waals surface area (Å²) >= 11 is 0. The van der Waals surface area contributed by atoms with Crippen LogP contribution >= 0.6 is 0 Å². The molecule has 14 rings (SSSR count). The lowest BCUT2D eigenvalue weighted by molar-refractivity contribution is 0.436. The molecule has 0 saturated heterocycles. The number of aromatic nitrogens is 1. The molecule has 0 amide bonds. The molecule has 12 aromatic rings. The summed E-state index contributed by atoms with van der Waals surface area (Å²) in [6, 6.07) is 79.1. The van der Waals surface area contributed by atoms with Crippen LogP contribution in [0.4, 0.5) is 17.1 Å². The van der Waals surface area contributed by atoms with Crippen LogP contribution in [0.3, 0.4) is 0 Å². The summed E-state index contributed by atoms with van der Waals surface area (Å²) in [7, 11) is 0. The number of hydrogen-bond acceptors (Lipinski definition) is 3. The van der Waals surface area contributed by atoms with Crippen LogP contribution in [0.25, 0.3) is 71.3 Å². The highest BCUT2D eigenvalue weighted by molar-refractivity contribution is 6.13. The van der Waals surface area contributed by atoms with E-state index in [1.807, 2.05) is 6.07 Å². The zero-order valence-corrected chi connectivity index (χ0v) is 34.0. The van der Waals surface area contributed by atoms with Gasteiger partial charge in [0, 0.05) is 55.3 Å². The fraction of sp³-hybridized carbons (Fsp3) is 0.0169. The van der Waals surface area contributed by atoms with Gasteiger partial charge >= 0.3 is 0 Å². The van der Waals surface area contributed by atoms with Crippen molar-refractivity contribution < 1.29 is 9.15 Å². The van der Waals surface area contributed by atoms with Gasteiger partial charge in [0.05, 0.1) is 22.1 Å². The lowest BCUT2D eigenvalue weighted by Crippen LogP contribution is -2.32. The molecule has 0 saturated carbocycles. The topological polar surface area (TPSA) is 30.5 Å². The maximum Gasteiger partial charge on any atom is 0.135 e. The molecule has 63 heavy (non-hydrogen) atoms. The highest BCUT2D eigenvalue weighted by atomic mass is 16.5. The quantitative estimate of drug-likeness (QED) is 0.178. The number of hydrogen-bond donors (Lipinski definition) is 0. The largest absolute Gasteiger partial charge is 0.457 e. The lowest BCUT2D eigenvalue weighted by Gasteiger charge is -2.39. The number of rotatable bonds is 4. The van der Waals surface area contributed by atoms with Gasteiger partial charge in [0.25, 0.3) is 0 Å². The molecule has 1 spiro atoms. The van der Waals surface area contributed by atoms with Crippen LogP contribution in [0.5, 0.6) is 11.5 Å². The molecule has 10 aromatic carbocycles. The minimum absolute atomic E-state index is 0.639. The Labute approximate surface area is 363 Å². The third-order valence-electron chi connectivity index (χ3n) is 13.6. The van der Waals surface area contributed by atoms with Crippen molar-refractivity contribution in [2.75, 3.05) is 4.90 Å². The Balaban J connectivity index is 1.12. The number of nitrogens with zero attached hydrogens (tertiary/aromatic N) is 2. The van der Waals surface area contributed by atoms with Crippen molar-refractivity contribution in [2.45, 2.75) is 5.41 Å². The zero-order valence-electron chi connectivity index (χ0n) is 34.0. The Morgan fingerprint density at radius 2 is 0.984 bits per heavy atom. The van der Waals surface area contributed by atoms with Crippen molar-refractivity contribution >= 4 is 71.6 Å². The monoisotopic (exact) mass is 804 g/mol. The van der Waals surface area contributed by atoms with Gasteiger partial charge in [-0.3, -0.25) is 0 Å². The minimum Gasteiger partial charge on any atom is -0.457 e. The predicted molar refractivity (Wildman–Crippen MR) is 258 cm³/mol. The minimum atomic E-state index is -0.639. The average molecular weight is 805 g/mol. The molecule has 294 valence electrons. The van der Waals surface area contributed by atoms with Crippen molar-refractivity contribution in [1.29, 1.82) is 0 Å². The second kappa shape index (κ2) is 12.8. The van der Waals surface area contributed by atoms with Gasteiger partial charge in [-0.15, -0.1) is 0 Å². The molecular weight excluding hydrogens is 769 g/mol. The molecule has 4 nitrogen and oxygen atoms in total. The van der Waals surface area contributed by atoms with E-state index < -0.39 is 5.41 Å². The van der Waals surface area contributed by atoms with Crippen LogP contribution in [0.1, 0.15) is 22.3 Å². The molecule has 3 heterocycles. The summed E-state index contributed by atoms with van der Waals surface area (Å²) in [5.74, 6) is 1.76. The second-order valence-electron chi connectivity index (χ2n) is 16.8. The number of para-hydroxylation sites is 5. The average Bonchev–Trinajstić information content (AvgIpc) is 3.99. The molecule has 2 aliphatic rings. The Morgan fingerprint density at radius 3 is 1.81 bits per heavy atom. The first-order valence-corrected chi connectivity index (χ1v) is 21.6. The van der Waals surface area contributed by atoms with Gasteiger partial charge in [0.15, 0.2) is 0 Å². The number of benzene rings is 10. The smallest absolute Gasteiger partial charge is 0.135 e. The van der Waals surface area contributed by atoms with Gasteiger partial charge in [0.2, 0.25) is 0 Å². The van der Waals surface area contributed by atoms with Gasteiger partial charge in [-0.1, -0.05) is 140 Å². The summed E-state index contributed by atoms with van der Waals surface area (Å²) in [6.07, 6.45) is 0. The second-order valence-corrected chi connectivity index (χ2v) is 16.8.